The quantitative estimate of drug-likeness (QED) is 0.839. The van der Waals surface area contributed by atoms with Crippen molar-refractivity contribution >= 4 is 10.0 Å². The van der Waals surface area contributed by atoms with Crippen molar-refractivity contribution in [2.45, 2.75) is 33.0 Å². The summed E-state index contributed by atoms with van der Waals surface area (Å²) in [5, 5.41) is 4.20. The van der Waals surface area contributed by atoms with E-state index in [4.69, 9.17) is 0 Å². The second kappa shape index (κ2) is 5.27. The van der Waals surface area contributed by atoms with Crippen LogP contribution in [0.3, 0.4) is 0 Å². The van der Waals surface area contributed by atoms with E-state index in [1.807, 2.05) is 30.1 Å². The monoisotopic (exact) mass is 309 g/mol. The molecule has 2 aromatic heterocycles. The molecular weight excluding hydrogens is 290 g/mol. The average Bonchev–Trinajstić information content (AvgIpc) is 3.10. The Morgan fingerprint density at radius 3 is 2.86 bits per heavy atom. The molecule has 0 aliphatic carbocycles. The van der Waals surface area contributed by atoms with E-state index >= 15 is 0 Å². The molecule has 3 heterocycles. The smallest absolute Gasteiger partial charge is 0.214 e. The van der Waals surface area contributed by atoms with Gasteiger partial charge in [-0.15, -0.1) is 0 Å². The summed E-state index contributed by atoms with van der Waals surface area (Å²) in [6, 6.07) is 1.65. The lowest BCUT2D eigenvalue weighted by molar-refractivity contribution is 0.273. The Kier molecular flexibility index (Phi) is 3.58. The summed E-state index contributed by atoms with van der Waals surface area (Å²) in [5.41, 5.74) is 1.05. The van der Waals surface area contributed by atoms with E-state index < -0.39 is 10.0 Å². The van der Waals surface area contributed by atoms with Crippen molar-refractivity contribution in [3.63, 3.8) is 0 Å². The molecule has 0 amide bonds. The van der Waals surface area contributed by atoms with Crippen LogP contribution in [0.4, 0.5) is 0 Å². The molecule has 0 fully saturated rings. The molecule has 1 aliphatic rings. The SMILES string of the molecule is CCS(=O)(=O)N1CCn2c(Cn3cccn3)cnc2[C@@H]1C. The van der Waals surface area contributed by atoms with Crippen molar-refractivity contribution in [2.24, 2.45) is 0 Å². The number of rotatable bonds is 4. The Hall–Kier alpha value is -1.67. The first-order valence-corrected chi connectivity index (χ1v) is 8.65. The summed E-state index contributed by atoms with van der Waals surface area (Å²) in [7, 11) is -3.19. The van der Waals surface area contributed by atoms with Crippen LogP contribution in [0.5, 0.6) is 0 Å². The van der Waals surface area contributed by atoms with Crippen LogP contribution in [0.2, 0.25) is 0 Å². The number of imidazole rings is 1. The van der Waals surface area contributed by atoms with Crippen LogP contribution in [0.25, 0.3) is 0 Å². The second-order valence-corrected chi connectivity index (χ2v) is 7.36. The molecule has 8 heteroatoms. The van der Waals surface area contributed by atoms with Gasteiger partial charge in [-0.2, -0.15) is 9.40 Å². The van der Waals surface area contributed by atoms with Crippen molar-refractivity contribution in [3.05, 3.63) is 36.2 Å². The number of hydrogen-bond donors (Lipinski definition) is 0. The molecule has 3 rings (SSSR count). The summed E-state index contributed by atoms with van der Waals surface area (Å²) in [6.45, 7) is 5.34. The molecule has 0 aromatic carbocycles. The molecule has 7 nitrogen and oxygen atoms in total. The van der Waals surface area contributed by atoms with Gasteiger partial charge in [-0.05, 0) is 19.9 Å². The molecule has 2 aromatic rings. The normalized spacial score (nSPS) is 19.6. The zero-order valence-corrected chi connectivity index (χ0v) is 13.0. The Labute approximate surface area is 124 Å². The van der Waals surface area contributed by atoms with E-state index in [0.29, 0.717) is 19.6 Å². The Bertz CT molecular complexity index is 720. The number of nitrogens with zero attached hydrogens (tertiary/aromatic N) is 5. The molecule has 0 bridgehead atoms. The zero-order valence-electron chi connectivity index (χ0n) is 12.2. The first-order valence-electron chi connectivity index (χ1n) is 7.04. The van der Waals surface area contributed by atoms with Crippen LogP contribution in [-0.4, -0.2) is 44.4 Å². The minimum absolute atomic E-state index is 0.123. The summed E-state index contributed by atoms with van der Waals surface area (Å²) < 4.78 is 29.7. The van der Waals surface area contributed by atoms with Crippen molar-refractivity contribution in [1.29, 1.82) is 0 Å². The van der Waals surface area contributed by atoms with Crippen LogP contribution < -0.4 is 0 Å². The molecule has 0 spiro atoms. The third kappa shape index (κ3) is 2.49. The molecule has 114 valence electrons. The van der Waals surface area contributed by atoms with Gasteiger partial charge in [-0.1, -0.05) is 0 Å². The Balaban J connectivity index is 1.89. The highest BCUT2D eigenvalue weighted by molar-refractivity contribution is 7.89. The predicted molar refractivity (Wildman–Crippen MR) is 78.1 cm³/mol. The summed E-state index contributed by atoms with van der Waals surface area (Å²) >= 11 is 0. The minimum atomic E-state index is -3.19. The molecule has 1 aliphatic heterocycles. The van der Waals surface area contributed by atoms with Crippen LogP contribution in [-0.2, 0) is 23.1 Å². The molecule has 1 atom stereocenters. The van der Waals surface area contributed by atoms with Crippen LogP contribution in [0.15, 0.2) is 24.7 Å². The summed E-state index contributed by atoms with van der Waals surface area (Å²) in [6.07, 6.45) is 5.46. The molecule has 0 unspecified atom stereocenters. The second-order valence-electron chi connectivity index (χ2n) is 5.15. The highest BCUT2D eigenvalue weighted by Crippen LogP contribution is 2.28. The number of sulfonamides is 1. The highest BCUT2D eigenvalue weighted by Gasteiger charge is 2.33. The Morgan fingerprint density at radius 1 is 1.38 bits per heavy atom. The fourth-order valence-corrected chi connectivity index (χ4v) is 4.04. The zero-order chi connectivity index (χ0) is 15.0. The molecule has 0 saturated heterocycles. The lowest BCUT2D eigenvalue weighted by atomic mass is 10.2. The van der Waals surface area contributed by atoms with Crippen molar-refractivity contribution in [2.75, 3.05) is 12.3 Å². The van der Waals surface area contributed by atoms with Crippen molar-refractivity contribution in [1.82, 2.24) is 23.6 Å². The fourth-order valence-electron chi connectivity index (χ4n) is 2.77. The van der Waals surface area contributed by atoms with Gasteiger partial charge in [-0.3, -0.25) is 4.68 Å². The van der Waals surface area contributed by atoms with E-state index in [2.05, 4.69) is 14.6 Å². The maximum Gasteiger partial charge on any atom is 0.214 e. The van der Waals surface area contributed by atoms with E-state index in [9.17, 15) is 8.42 Å². The van der Waals surface area contributed by atoms with E-state index in [0.717, 1.165) is 11.5 Å². The lowest BCUT2D eigenvalue weighted by Crippen LogP contribution is -2.42. The van der Waals surface area contributed by atoms with Gasteiger partial charge in [0.2, 0.25) is 10.0 Å². The largest absolute Gasteiger partial charge is 0.328 e. The standard InChI is InChI=1S/C13H19N5O2S/c1-3-21(19,20)18-8-7-17-12(9-14-13(17)11(18)2)10-16-6-4-5-15-16/h4-6,9,11H,3,7-8,10H2,1-2H3/t11-/m0/s1. The maximum atomic E-state index is 12.1. The highest BCUT2D eigenvalue weighted by atomic mass is 32.2. The summed E-state index contributed by atoms with van der Waals surface area (Å²) in [4.78, 5) is 4.43. The third-order valence-electron chi connectivity index (χ3n) is 3.92. The van der Waals surface area contributed by atoms with Crippen molar-refractivity contribution < 1.29 is 8.42 Å². The van der Waals surface area contributed by atoms with E-state index in [1.54, 1.807) is 17.4 Å². The van der Waals surface area contributed by atoms with Crippen molar-refractivity contribution in [3.8, 4) is 0 Å². The third-order valence-corrected chi connectivity index (χ3v) is 5.87. The van der Waals surface area contributed by atoms with Gasteiger partial charge in [0.05, 0.1) is 30.2 Å². The molecular formula is C13H19N5O2S. The summed E-state index contributed by atoms with van der Waals surface area (Å²) in [5.74, 6) is 0.929. The van der Waals surface area contributed by atoms with Gasteiger partial charge in [-0.25, -0.2) is 13.4 Å². The number of aromatic nitrogens is 4. The van der Waals surface area contributed by atoms with E-state index in [-0.39, 0.29) is 11.8 Å². The first-order chi connectivity index (χ1) is 10.0. The van der Waals surface area contributed by atoms with Gasteiger partial charge < -0.3 is 4.57 Å². The minimum Gasteiger partial charge on any atom is -0.328 e. The van der Waals surface area contributed by atoms with Crippen LogP contribution in [0, 0.1) is 0 Å². The fraction of sp³-hybridized carbons (Fsp3) is 0.538. The lowest BCUT2D eigenvalue weighted by Gasteiger charge is -2.33. The maximum absolute atomic E-state index is 12.1. The van der Waals surface area contributed by atoms with E-state index in [1.165, 1.54) is 0 Å². The first kappa shape index (κ1) is 14.3. The average molecular weight is 309 g/mol. The number of hydrogen-bond acceptors (Lipinski definition) is 4. The van der Waals surface area contributed by atoms with Gasteiger partial charge in [0.15, 0.2) is 0 Å². The van der Waals surface area contributed by atoms with Gasteiger partial charge in [0.25, 0.3) is 0 Å². The van der Waals surface area contributed by atoms with Gasteiger partial charge in [0.1, 0.15) is 5.82 Å². The molecule has 21 heavy (non-hydrogen) atoms. The molecule has 0 N–H and O–H groups in total. The Morgan fingerprint density at radius 2 is 2.19 bits per heavy atom. The number of fused-ring (bicyclic) bond motifs is 1. The predicted octanol–water partition coefficient (Wildman–Crippen LogP) is 0.854. The van der Waals surface area contributed by atoms with Crippen LogP contribution >= 0.6 is 0 Å². The topological polar surface area (TPSA) is 73.0 Å². The molecule has 0 radical (unpaired) electrons. The van der Waals surface area contributed by atoms with Gasteiger partial charge in [0, 0.05) is 25.5 Å². The van der Waals surface area contributed by atoms with Gasteiger partial charge >= 0.3 is 0 Å². The van der Waals surface area contributed by atoms with Crippen LogP contribution in [0.1, 0.15) is 31.4 Å². The molecule has 0 saturated carbocycles.